The van der Waals surface area contributed by atoms with Gasteiger partial charge in [0, 0.05) is 17.1 Å². The van der Waals surface area contributed by atoms with Crippen LogP contribution in [0.5, 0.6) is 0 Å². The maximum absolute atomic E-state index is 12.9. The molecule has 1 atom stereocenters. The van der Waals surface area contributed by atoms with Crippen molar-refractivity contribution in [2.45, 2.75) is 25.2 Å². The number of amides is 3. The molecular formula is C16H17F3N4O2S. The lowest BCUT2D eigenvalue weighted by atomic mass is 10.1. The predicted molar refractivity (Wildman–Crippen MR) is 92.4 cm³/mol. The fourth-order valence-corrected chi connectivity index (χ4v) is 3.11. The zero-order chi connectivity index (χ0) is 19.3. The van der Waals surface area contributed by atoms with E-state index in [4.69, 9.17) is 11.5 Å². The Labute approximate surface area is 151 Å². The summed E-state index contributed by atoms with van der Waals surface area (Å²) >= 11 is 1.32. The number of nitrogens with one attached hydrogen (secondary N) is 2. The second kappa shape index (κ2) is 8.19. The van der Waals surface area contributed by atoms with E-state index in [2.05, 4.69) is 10.6 Å². The number of carbonyl (C=O) groups is 2. The Bertz CT molecular complexity index is 778. The number of hydrogen-bond acceptors (Lipinski definition) is 4. The minimum Gasteiger partial charge on any atom is -0.352 e. The maximum Gasteiger partial charge on any atom is 0.416 e. The van der Waals surface area contributed by atoms with Gasteiger partial charge in [0.2, 0.25) is 5.91 Å². The van der Waals surface area contributed by atoms with E-state index in [-0.39, 0.29) is 24.2 Å². The van der Waals surface area contributed by atoms with Crippen LogP contribution in [-0.4, -0.2) is 11.9 Å². The summed E-state index contributed by atoms with van der Waals surface area (Å²) in [6.07, 6.45) is -4.74. The molecule has 0 radical (unpaired) electrons. The van der Waals surface area contributed by atoms with Crippen molar-refractivity contribution in [3.8, 4) is 0 Å². The highest BCUT2D eigenvalue weighted by atomic mass is 32.1. The van der Waals surface area contributed by atoms with Crippen LogP contribution in [0.2, 0.25) is 0 Å². The van der Waals surface area contributed by atoms with E-state index in [0.29, 0.717) is 4.88 Å². The third kappa shape index (κ3) is 5.46. The van der Waals surface area contributed by atoms with Crippen LogP contribution in [0.3, 0.4) is 0 Å². The molecule has 3 amide bonds. The molecule has 1 aromatic heterocycles. The molecule has 0 saturated heterocycles. The van der Waals surface area contributed by atoms with Gasteiger partial charge in [0.25, 0.3) is 0 Å². The van der Waals surface area contributed by atoms with Gasteiger partial charge in [-0.2, -0.15) is 13.2 Å². The van der Waals surface area contributed by atoms with Crippen molar-refractivity contribution in [2.75, 3.05) is 5.32 Å². The molecule has 0 aliphatic rings. The van der Waals surface area contributed by atoms with E-state index in [9.17, 15) is 22.8 Å². The minimum atomic E-state index is -4.56. The average molecular weight is 386 g/mol. The number of urea groups is 1. The van der Waals surface area contributed by atoms with Crippen molar-refractivity contribution in [1.82, 2.24) is 5.32 Å². The molecule has 0 spiro atoms. The van der Waals surface area contributed by atoms with Crippen LogP contribution in [-0.2, 0) is 17.5 Å². The Kier molecular flexibility index (Phi) is 6.22. The molecule has 2 rings (SSSR count). The minimum absolute atomic E-state index is 0.0192. The van der Waals surface area contributed by atoms with Gasteiger partial charge in [0.15, 0.2) is 0 Å². The normalized spacial score (nSPS) is 12.5. The molecule has 6 nitrogen and oxygen atoms in total. The van der Waals surface area contributed by atoms with Crippen LogP contribution < -0.4 is 22.1 Å². The second-order valence-corrected chi connectivity index (χ2v) is 6.43. The second-order valence-electron chi connectivity index (χ2n) is 5.45. The maximum atomic E-state index is 12.9. The molecule has 2 aromatic rings. The molecule has 140 valence electrons. The quantitative estimate of drug-likeness (QED) is 0.612. The van der Waals surface area contributed by atoms with Gasteiger partial charge in [-0.25, -0.2) is 4.79 Å². The molecular weight excluding hydrogens is 369 g/mol. The summed E-state index contributed by atoms with van der Waals surface area (Å²) in [7, 11) is 0. The highest BCUT2D eigenvalue weighted by molar-refractivity contribution is 7.10. The predicted octanol–water partition coefficient (Wildman–Crippen LogP) is 2.96. The van der Waals surface area contributed by atoms with Gasteiger partial charge >= 0.3 is 12.2 Å². The third-order valence-electron chi connectivity index (χ3n) is 3.43. The van der Waals surface area contributed by atoms with Crippen molar-refractivity contribution < 1.29 is 22.8 Å². The summed E-state index contributed by atoms with van der Waals surface area (Å²) in [5, 5.41) is 6.63. The third-order valence-corrected chi connectivity index (χ3v) is 4.42. The first-order valence-electron chi connectivity index (χ1n) is 7.49. The standard InChI is InChI=1S/C16H17F3N4O2S/c17-16(18,19)10-4-9(8-20)5-11(6-10)22-14(24)7-12(23-15(21)25)13-2-1-3-26-13/h1-6,12H,7-8,20H2,(H,22,24)(H3,21,23,25). The van der Waals surface area contributed by atoms with Crippen LogP contribution in [0.25, 0.3) is 0 Å². The molecule has 1 aromatic carbocycles. The SMILES string of the molecule is NCc1cc(NC(=O)CC(NC(N)=O)c2cccs2)cc(C(F)(F)F)c1. The van der Waals surface area contributed by atoms with E-state index in [0.717, 1.165) is 12.1 Å². The zero-order valence-electron chi connectivity index (χ0n) is 13.5. The Morgan fingerprint density at radius 3 is 2.50 bits per heavy atom. The number of primary amides is 1. The fraction of sp³-hybridized carbons (Fsp3) is 0.250. The Hall–Kier alpha value is -2.59. The van der Waals surface area contributed by atoms with Crippen molar-refractivity contribution in [1.29, 1.82) is 0 Å². The first kappa shape index (κ1) is 19.7. The fourth-order valence-electron chi connectivity index (χ4n) is 2.33. The van der Waals surface area contributed by atoms with Crippen LogP contribution in [0.1, 0.15) is 28.5 Å². The lowest BCUT2D eigenvalue weighted by molar-refractivity contribution is -0.137. The van der Waals surface area contributed by atoms with Crippen molar-refractivity contribution in [3.05, 3.63) is 51.7 Å². The van der Waals surface area contributed by atoms with Crippen LogP contribution >= 0.6 is 11.3 Å². The molecule has 0 saturated carbocycles. The first-order chi connectivity index (χ1) is 12.2. The number of thiophene rings is 1. The molecule has 1 heterocycles. The number of benzene rings is 1. The van der Waals surface area contributed by atoms with Gasteiger partial charge < -0.3 is 22.1 Å². The molecule has 6 N–H and O–H groups in total. The first-order valence-corrected chi connectivity index (χ1v) is 8.37. The molecule has 0 bridgehead atoms. The molecule has 0 aliphatic carbocycles. The topological polar surface area (TPSA) is 110 Å². The van der Waals surface area contributed by atoms with E-state index < -0.39 is 29.7 Å². The average Bonchev–Trinajstić information content (AvgIpc) is 3.07. The summed E-state index contributed by atoms with van der Waals surface area (Å²) in [4.78, 5) is 24.1. The van der Waals surface area contributed by atoms with Gasteiger partial charge in [0.05, 0.1) is 18.0 Å². The number of alkyl halides is 3. The smallest absolute Gasteiger partial charge is 0.352 e. The van der Waals surface area contributed by atoms with Crippen LogP contribution in [0.15, 0.2) is 35.7 Å². The summed E-state index contributed by atoms with van der Waals surface area (Å²) in [5.41, 5.74) is 9.85. The monoisotopic (exact) mass is 386 g/mol. The van der Waals surface area contributed by atoms with Gasteiger partial charge in [-0.3, -0.25) is 4.79 Å². The zero-order valence-corrected chi connectivity index (χ0v) is 14.3. The van der Waals surface area contributed by atoms with Crippen LogP contribution in [0.4, 0.5) is 23.7 Å². The van der Waals surface area contributed by atoms with Crippen molar-refractivity contribution >= 4 is 29.0 Å². The van der Waals surface area contributed by atoms with E-state index in [1.807, 2.05) is 0 Å². The number of hydrogen-bond donors (Lipinski definition) is 4. The van der Waals surface area contributed by atoms with Gasteiger partial charge in [-0.05, 0) is 35.2 Å². The Balaban J connectivity index is 2.16. The van der Waals surface area contributed by atoms with Gasteiger partial charge in [-0.15, -0.1) is 11.3 Å². The number of carbonyl (C=O) groups excluding carboxylic acids is 2. The molecule has 1 unspecified atom stereocenters. The largest absolute Gasteiger partial charge is 0.416 e. The van der Waals surface area contributed by atoms with E-state index in [1.54, 1.807) is 17.5 Å². The van der Waals surface area contributed by atoms with E-state index in [1.165, 1.54) is 17.4 Å². The summed E-state index contributed by atoms with van der Waals surface area (Å²) in [5.74, 6) is -0.570. The molecule has 0 fully saturated rings. The van der Waals surface area contributed by atoms with Crippen molar-refractivity contribution in [2.24, 2.45) is 11.5 Å². The Morgan fingerprint density at radius 1 is 1.23 bits per heavy atom. The highest BCUT2D eigenvalue weighted by Crippen LogP contribution is 2.32. The van der Waals surface area contributed by atoms with Crippen molar-refractivity contribution in [3.63, 3.8) is 0 Å². The number of nitrogens with two attached hydrogens (primary N) is 2. The number of rotatable bonds is 6. The lowest BCUT2D eigenvalue weighted by Crippen LogP contribution is -2.34. The number of halogens is 3. The molecule has 10 heteroatoms. The van der Waals surface area contributed by atoms with Crippen LogP contribution in [0, 0.1) is 0 Å². The summed E-state index contributed by atoms with van der Waals surface area (Å²) in [6.45, 7) is -0.103. The van der Waals surface area contributed by atoms with Gasteiger partial charge in [-0.1, -0.05) is 6.07 Å². The van der Waals surface area contributed by atoms with Gasteiger partial charge in [0.1, 0.15) is 0 Å². The number of anilines is 1. The lowest BCUT2D eigenvalue weighted by Gasteiger charge is -2.17. The molecule has 0 aliphatic heterocycles. The highest BCUT2D eigenvalue weighted by Gasteiger charge is 2.31. The molecule has 26 heavy (non-hydrogen) atoms. The summed E-state index contributed by atoms with van der Waals surface area (Å²) < 4.78 is 38.8. The van der Waals surface area contributed by atoms with E-state index >= 15 is 0 Å². The summed E-state index contributed by atoms with van der Waals surface area (Å²) in [6, 6.07) is 5.11. The Morgan fingerprint density at radius 2 is 1.96 bits per heavy atom.